The molecule has 0 atom stereocenters. The molecule has 1 aliphatic heterocycles. The van der Waals surface area contributed by atoms with Gasteiger partial charge in [0.2, 0.25) is 0 Å². The van der Waals surface area contributed by atoms with Gasteiger partial charge in [0.1, 0.15) is 17.3 Å². The maximum Gasteiger partial charge on any atom is 0.185 e. The van der Waals surface area contributed by atoms with Crippen molar-refractivity contribution in [2.75, 3.05) is 6.54 Å². The summed E-state index contributed by atoms with van der Waals surface area (Å²) in [4.78, 5) is 16.7. The third-order valence-corrected chi connectivity index (χ3v) is 3.90. The third kappa shape index (κ3) is 2.72. The fourth-order valence-corrected chi connectivity index (χ4v) is 2.70. The number of imidazole rings is 1. The summed E-state index contributed by atoms with van der Waals surface area (Å²) in [5.41, 5.74) is 2.31. The fraction of sp³-hybridized carbons (Fsp3) is 0.294. The van der Waals surface area contributed by atoms with Crippen molar-refractivity contribution in [3.8, 4) is 0 Å². The number of aromatic nitrogens is 2. The van der Waals surface area contributed by atoms with Crippen molar-refractivity contribution in [3.05, 3.63) is 59.4 Å². The first-order valence-electron chi connectivity index (χ1n) is 7.29. The van der Waals surface area contributed by atoms with E-state index in [1.807, 2.05) is 17.6 Å². The second kappa shape index (κ2) is 5.85. The summed E-state index contributed by atoms with van der Waals surface area (Å²) in [6.07, 6.45) is 1.70. The van der Waals surface area contributed by atoms with Gasteiger partial charge in [-0.05, 0) is 24.1 Å². The van der Waals surface area contributed by atoms with E-state index in [4.69, 9.17) is 0 Å². The zero-order valence-corrected chi connectivity index (χ0v) is 12.5. The predicted octanol–water partition coefficient (Wildman–Crippen LogP) is 2.97. The number of nitrogens with zero attached hydrogens (tertiary/aromatic N) is 2. The molecular formula is C17H20FN3O. The summed E-state index contributed by atoms with van der Waals surface area (Å²) in [6.45, 7) is 7.91. The third-order valence-electron chi connectivity index (χ3n) is 3.90. The number of allylic oxidation sites excluding steroid dienone is 1. The Balaban J connectivity index is 0.00000192. The summed E-state index contributed by atoms with van der Waals surface area (Å²) in [5.74, 6) is 0.449. The van der Waals surface area contributed by atoms with Crippen LogP contribution in [0.1, 0.15) is 35.3 Å². The van der Waals surface area contributed by atoms with E-state index in [2.05, 4.69) is 16.9 Å². The molecule has 0 saturated heterocycles. The van der Waals surface area contributed by atoms with Crippen LogP contribution in [0.2, 0.25) is 0 Å². The van der Waals surface area contributed by atoms with E-state index >= 15 is 0 Å². The van der Waals surface area contributed by atoms with Crippen molar-refractivity contribution in [1.29, 1.82) is 0 Å². The molecule has 0 saturated carbocycles. The predicted molar refractivity (Wildman–Crippen MR) is 85.2 cm³/mol. The smallest absolute Gasteiger partial charge is 0.185 e. The van der Waals surface area contributed by atoms with Crippen LogP contribution in [0.25, 0.3) is 5.57 Å². The fourth-order valence-electron chi connectivity index (χ4n) is 2.70. The molecule has 0 radical (unpaired) electrons. The molecular weight excluding hydrogens is 281 g/mol. The Morgan fingerprint density at radius 2 is 2.36 bits per heavy atom. The maximum atomic E-state index is 14.0. The molecule has 1 aromatic heterocycles. The quantitative estimate of drug-likeness (QED) is 0.883. The molecule has 0 fully saturated rings. The lowest BCUT2D eigenvalue weighted by Gasteiger charge is -2.17. The van der Waals surface area contributed by atoms with Gasteiger partial charge in [0.05, 0.1) is 12.7 Å². The van der Waals surface area contributed by atoms with E-state index in [1.54, 1.807) is 12.3 Å². The SMILES string of the molecule is C=C(CC(=O)c1cnc2n1CCNC2)c1ccc(C)cc1F.[HH]. The second-order valence-corrected chi connectivity index (χ2v) is 5.57. The van der Waals surface area contributed by atoms with E-state index in [1.165, 1.54) is 6.07 Å². The molecule has 1 aromatic carbocycles. The number of carbonyl (C=O) groups is 1. The van der Waals surface area contributed by atoms with Crippen LogP contribution in [0.4, 0.5) is 4.39 Å². The minimum Gasteiger partial charge on any atom is -0.323 e. The second-order valence-electron chi connectivity index (χ2n) is 5.57. The molecule has 0 aliphatic carbocycles. The highest BCUT2D eigenvalue weighted by atomic mass is 19.1. The molecule has 22 heavy (non-hydrogen) atoms. The van der Waals surface area contributed by atoms with Crippen LogP contribution in [-0.4, -0.2) is 21.9 Å². The van der Waals surface area contributed by atoms with Gasteiger partial charge in [-0.3, -0.25) is 4.79 Å². The summed E-state index contributed by atoms with van der Waals surface area (Å²) in [6, 6.07) is 4.95. The molecule has 0 spiro atoms. The van der Waals surface area contributed by atoms with Crippen LogP contribution in [-0.2, 0) is 13.1 Å². The maximum absolute atomic E-state index is 14.0. The standard InChI is InChI=1S/C17H18FN3O.H2/c1-11-3-4-13(14(18)7-11)12(2)8-16(22)15-9-20-17-10-19-5-6-21(15)17;/h3-4,7,9,19H,2,5-6,8,10H2,1H3;1H. The Hall–Kier alpha value is -2.27. The van der Waals surface area contributed by atoms with E-state index in [0.717, 1.165) is 24.5 Å². The minimum atomic E-state index is -0.336. The van der Waals surface area contributed by atoms with Crippen molar-refractivity contribution in [1.82, 2.24) is 14.9 Å². The van der Waals surface area contributed by atoms with Crippen LogP contribution >= 0.6 is 0 Å². The molecule has 2 aromatic rings. The molecule has 4 nitrogen and oxygen atoms in total. The first-order chi connectivity index (χ1) is 10.6. The summed E-state index contributed by atoms with van der Waals surface area (Å²) < 4.78 is 15.9. The average Bonchev–Trinajstić information content (AvgIpc) is 2.91. The number of ketones is 1. The Morgan fingerprint density at radius 3 is 3.14 bits per heavy atom. The van der Waals surface area contributed by atoms with Crippen molar-refractivity contribution >= 4 is 11.4 Å². The largest absolute Gasteiger partial charge is 0.323 e. The van der Waals surface area contributed by atoms with E-state index < -0.39 is 0 Å². The molecule has 1 aliphatic rings. The van der Waals surface area contributed by atoms with Crippen LogP contribution in [0.3, 0.4) is 0 Å². The van der Waals surface area contributed by atoms with Gasteiger partial charge in [0.15, 0.2) is 5.78 Å². The number of halogens is 1. The zero-order chi connectivity index (χ0) is 15.7. The van der Waals surface area contributed by atoms with Crippen molar-refractivity contribution in [2.45, 2.75) is 26.4 Å². The van der Waals surface area contributed by atoms with Gasteiger partial charge in [0.25, 0.3) is 0 Å². The highest BCUT2D eigenvalue weighted by Gasteiger charge is 2.20. The van der Waals surface area contributed by atoms with E-state index in [0.29, 0.717) is 23.4 Å². The normalized spacial score (nSPS) is 13.7. The molecule has 116 valence electrons. The summed E-state index contributed by atoms with van der Waals surface area (Å²) in [5, 5.41) is 3.21. The first-order valence-corrected chi connectivity index (χ1v) is 7.29. The van der Waals surface area contributed by atoms with Crippen molar-refractivity contribution in [3.63, 3.8) is 0 Å². The summed E-state index contributed by atoms with van der Waals surface area (Å²) in [7, 11) is 0. The lowest BCUT2D eigenvalue weighted by atomic mass is 9.99. The van der Waals surface area contributed by atoms with Gasteiger partial charge < -0.3 is 9.88 Å². The van der Waals surface area contributed by atoms with Gasteiger partial charge in [-0.2, -0.15) is 0 Å². The van der Waals surface area contributed by atoms with Crippen molar-refractivity contribution < 1.29 is 10.6 Å². The lowest BCUT2D eigenvalue weighted by molar-refractivity contribution is 0.0988. The molecule has 5 heteroatoms. The number of hydrogen-bond donors (Lipinski definition) is 1. The van der Waals surface area contributed by atoms with E-state index in [-0.39, 0.29) is 19.4 Å². The Labute approximate surface area is 130 Å². The van der Waals surface area contributed by atoms with E-state index in [9.17, 15) is 9.18 Å². The molecule has 0 amide bonds. The van der Waals surface area contributed by atoms with Crippen molar-refractivity contribution in [2.24, 2.45) is 0 Å². The highest BCUT2D eigenvalue weighted by molar-refractivity contribution is 6.00. The molecule has 2 heterocycles. The molecule has 0 unspecified atom stereocenters. The van der Waals surface area contributed by atoms with Gasteiger partial charge in [-0.15, -0.1) is 0 Å². The number of rotatable bonds is 4. The Morgan fingerprint density at radius 1 is 1.55 bits per heavy atom. The molecule has 1 N–H and O–H groups in total. The Bertz CT molecular complexity index is 754. The topological polar surface area (TPSA) is 46.9 Å². The highest BCUT2D eigenvalue weighted by Crippen LogP contribution is 2.23. The lowest BCUT2D eigenvalue weighted by Crippen LogP contribution is -2.29. The number of Topliss-reactive ketones (excluding diaryl/α,β-unsaturated/α-hetero) is 1. The summed E-state index contributed by atoms with van der Waals surface area (Å²) >= 11 is 0. The number of fused-ring (bicyclic) bond motifs is 1. The molecule has 3 rings (SSSR count). The van der Waals surface area contributed by atoms with Gasteiger partial charge >= 0.3 is 0 Å². The Kier molecular flexibility index (Phi) is 3.90. The first kappa shape index (κ1) is 14.7. The number of aryl methyl sites for hydroxylation is 1. The van der Waals surface area contributed by atoms with Crippen LogP contribution in [0, 0.1) is 12.7 Å². The van der Waals surface area contributed by atoms with Gasteiger partial charge in [-0.1, -0.05) is 18.7 Å². The number of hydrogen-bond acceptors (Lipinski definition) is 3. The zero-order valence-electron chi connectivity index (χ0n) is 12.5. The number of benzene rings is 1. The van der Waals surface area contributed by atoms with Crippen LogP contribution in [0.5, 0.6) is 0 Å². The minimum absolute atomic E-state index is 0. The van der Waals surface area contributed by atoms with Crippen LogP contribution in [0.15, 0.2) is 31.0 Å². The number of nitrogens with one attached hydrogen (secondary N) is 1. The monoisotopic (exact) mass is 301 g/mol. The van der Waals surface area contributed by atoms with Gasteiger partial charge in [0, 0.05) is 26.5 Å². The molecule has 0 bridgehead atoms. The number of carbonyl (C=O) groups excluding carboxylic acids is 1. The van der Waals surface area contributed by atoms with Gasteiger partial charge in [-0.25, -0.2) is 9.37 Å². The van der Waals surface area contributed by atoms with Crippen LogP contribution < -0.4 is 5.32 Å². The average molecular weight is 301 g/mol.